The molecule has 0 unspecified atom stereocenters. The molecule has 0 aliphatic carbocycles. The fourth-order valence-electron chi connectivity index (χ4n) is 1.50. The summed E-state index contributed by atoms with van der Waals surface area (Å²) in [5, 5.41) is 0. The Bertz CT molecular complexity index is 343. The molecule has 1 aliphatic heterocycles. The minimum Gasteiger partial charge on any atom is -0.338 e. The van der Waals surface area contributed by atoms with Gasteiger partial charge < -0.3 is 9.80 Å². The highest BCUT2D eigenvalue weighted by molar-refractivity contribution is 5.73. The van der Waals surface area contributed by atoms with Crippen molar-refractivity contribution in [2.24, 2.45) is 0 Å². The molecule has 5 nitrogen and oxygen atoms in total. The number of rotatable bonds is 3. The smallest absolute Gasteiger partial charge is 0.225 e. The van der Waals surface area contributed by atoms with Gasteiger partial charge in [0.2, 0.25) is 5.95 Å². The van der Waals surface area contributed by atoms with Crippen molar-refractivity contribution in [3.63, 3.8) is 0 Å². The molecule has 0 spiro atoms. The van der Waals surface area contributed by atoms with E-state index in [4.69, 9.17) is 0 Å². The lowest BCUT2D eigenvalue weighted by Crippen LogP contribution is -2.58. The normalized spacial score (nSPS) is 16.6. The van der Waals surface area contributed by atoms with Crippen molar-refractivity contribution in [1.82, 2.24) is 14.9 Å². The average Bonchev–Trinajstić information content (AvgIpc) is 2.16. The Hall–Kier alpha value is -1.49. The number of carbonyl (C=O) groups excluding carboxylic acids is 1. The van der Waals surface area contributed by atoms with Crippen LogP contribution in [0.2, 0.25) is 0 Å². The van der Waals surface area contributed by atoms with Crippen LogP contribution in [0.3, 0.4) is 0 Å². The summed E-state index contributed by atoms with van der Waals surface area (Å²) in [4.78, 5) is 23.0. The first-order valence-electron chi connectivity index (χ1n) is 4.89. The molecule has 0 atom stereocenters. The van der Waals surface area contributed by atoms with E-state index in [0.29, 0.717) is 17.6 Å². The zero-order valence-corrected chi connectivity index (χ0v) is 8.92. The molecule has 0 amide bonds. The molecule has 0 saturated carbocycles. The first-order chi connectivity index (χ1) is 7.20. The number of hydrogen-bond donors (Lipinski definition) is 0. The molecule has 80 valence electrons. The second-order valence-corrected chi connectivity index (χ2v) is 3.96. The van der Waals surface area contributed by atoms with E-state index in [1.165, 1.54) is 0 Å². The predicted octanol–water partition coefficient (Wildman–Crippen LogP) is 0.0393. The lowest BCUT2D eigenvalue weighted by molar-refractivity contribution is 0.112. The maximum absolute atomic E-state index is 10.4. The number of hydrogen-bond acceptors (Lipinski definition) is 5. The average molecular weight is 206 g/mol. The first-order valence-corrected chi connectivity index (χ1v) is 4.89. The molecule has 2 heterocycles. The molecule has 5 heteroatoms. The topological polar surface area (TPSA) is 49.3 Å². The number of anilines is 1. The van der Waals surface area contributed by atoms with Crippen LogP contribution in [-0.4, -0.2) is 54.4 Å². The summed E-state index contributed by atoms with van der Waals surface area (Å²) < 4.78 is 0. The molecule has 0 aromatic carbocycles. The van der Waals surface area contributed by atoms with Crippen LogP contribution in [-0.2, 0) is 0 Å². The van der Waals surface area contributed by atoms with Gasteiger partial charge in [-0.3, -0.25) is 4.79 Å². The molecule has 15 heavy (non-hydrogen) atoms. The van der Waals surface area contributed by atoms with Crippen molar-refractivity contribution < 1.29 is 4.79 Å². The van der Waals surface area contributed by atoms with Crippen molar-refractivity contribution >= 4 is 12.2 Å². The fraction of sp³-hybridized carbons (Fsp3) is 0.500. The maximum Gasteiger partial charge on any atom is 0.225 e. The van der Waals surface area contributed by atoms with Crippen LogP contribution < -0.4 is 4.90 Å². The highest BCUT2D eigenvalue weighted by Gasteiger charge is 2.29. The van der Waals surface area contributed by atoms with Crippen LogP contribution in [0.5, 0.6) is 0 Å². The second kappa shape index (κ2) is 3.94. The largest absolute Gasteiger partial charge is 0.338 e. The van der Waals surface area contributed by atoms with E-state index >= 15 is 0 Å². The van der Waals surface area contributed by atoms with Gasteiger partial charge in [-0.15, -0.1) is 0 Å². The van der Waals surface area contributed by atoms with Crippen molar-refractivity contribution in [3.05, 3.63) is 18.0 Å². The number of aldehydes is 1. The summed E-state index contributed by atoms with van der Waals surface area (Å²) in [7, 11) is 4.14. The van der Waals surface area contributed by atoms with E-state index < -0.39 is 0 Å². The van der Waals surface area contributed by atoms with Gasteiger partial charge in [-0.2, -0.15) is 0 Å². The highest BCUT2D eigenvalue weighted by Crippen LogP contribution is 2.17. The third-order valence-electron chi connectivity index (χ3n) is 2.67. The third-order valence-corrected chi connectivity index (χ3v) is 2.67. The Balaban J connectivity index is 1.98. The van der Waals surface area contributed by atoms with Gasteiger partial charge in [0.1, 0.15) is 0 Å². The van der Waals surface area contributed by atoms with E-state index in [1.807, 2.05) is 0 Å². The third kappa shape index (κ3) is 1.97. The summed E-state index contributed by atoms with van der Waals surface area (Å²) in [6.07, 6.45) is 3.86. The molecule has 1 aliphatic rings. The Morgan fingerprint density at radius 3 is 2.47 bits per heavy atom. The standard InChI is InChI=1S/C10H14N4O/c1-13(2)9-5-14(6-9)10-11-3-8(7-15)4-12-10/h3-4,7,9H,5-6H2,1-2H3. The maximum atomic E-state index is 10.4. The van der Waals surface area contributed by atoms with E-state index in [2.05, 4.69) is 33.9 Å². The Morgan fingerprint density at radius 1 is 1.40 bits per heavy atom. The summed E-state index contributed by atoms with van der Waals surface area (Å²) >= 11 is 0. The molecule has 1 aromatic rings. The highest BCUT2D eigenvalue weighted by atomic mass is 16.1. The van der Waals surface area contributed by atoms with Crippen molar-refractivity contribution in [1.29, 1.82) is 0 Å². The van der Waals surface area contributed by atoms with Crippen LogP contribution in [0, 0.1) is 0 Å². The monoisotopic (exact) mass is 206 g/mol. The molecule has 2 rings (SSSR count). The number of aromatic nitrogens is 2. The number of likely N-dealkylation sites (N-methyl/N-ethyl adjacent to an activating group) is 1. The zero-order valence-electron chi connectivity index (χ0n) is 8.92. The molecule has 0 N–H and O–H groups in total. The van der Waals surface area contributed by atoms with Crippen molar-refractivity contribution in [3.8, 4) is 0 Å². The lowest BCUT2D eigenvalue weighted by Gasteiger charge is -2.42. The number of nitrogens with zero attached hydrogens (tertiary/aromatic N) is 4. The van der Waals surface area contributed by atoms with Crippen molar-refractivity contribution in [2.45, 2.75) is 6.04 Å². The Kier molecular flexibility index (Phi) is 2.64. The van der Waals surface area contributed by atoms with Gasteiger partial charge in [-0.05, 0) is 14.1 Å². The minimum atomic E-state index is 0.517. The van der Waals surface area contributed by atoms with Crippen LogP contribution in [0.4, 0.5) is 5.95 Å². The summed E-state index contributed by atoms with van der Waals surface area (Å²) in [6.45, 7) is 1.90. The summed E-state index contributed by atoms with van der Waals surface area (Å²) in [5.74, 6) is 0.707. The van der Waals surface area contributed by atoms with Gasteiger partial charge in [0.25, 0.3) is 0 Å². The molecular formula is C10H14N4O. The summed E-state index contributed by atoms with van der Waals surface area (Å²) in [5.41, 5.74) is 0.517. The van der Waals surface area contributed by atoms with E-state index in [-0.39, 0.29) is 0 Å². The fourth-order valence-corrected chi connectivity index (χ4v) is 1.50. The molecular weight excluding hydrogens is 192 g/mol. The predicted molar refractivity (Wildman–Crippen MR) is 57.1 cm³/mol. The van der Waals surface area contributed by atoms with Gasteiger partial charge in [-0.1, -0.05) is 0 Å². The number of carbonyl (C=O) groups is 1. The van der Waals surface area contributed by atoms with E-state index in [1.54, 1.807) is 12.4 Å². The van der Waals surface area contributed by atoms with Crippen LogP contribution in [0.25, 0.3) is 0 Å². The first kappa shape index (κ1) is 10.0. The SMILES string of the molecule is CN(C)C1CN(c2ncc(C=O)cn2)C1. The minimum absolute atomic E-state index is 0.517. The quantitative estimate of drug-likeness (QED) is 0.653. The van der Waals surface area contributed by atoms with Gasteiger partial charge in [0.05, 0.1) is 5.56 Å². The van der Waals surface area contributed by atoms with E-state index in [9.17, 15) is 4.79 Å². The Morgan fingerprint density at radius 2 is 2.00 bits per heavy atom. The van der Waals surface area contributed by atoms with Gasteiger partial charge in [0.15, 0.2) is 6.29 Å². The van der Waals surface area contributed by atoms with Crippen molar-refractivity contribution in [2.75, 3.05) is 32.1 Å². The lowest BCUT2D eigenvalue weighted by atomic mass is 10.1. The van der Waals surface area contributed by atoms with Crippen LogP contribution in [0.15, 0.2) is 12.4 Å². The van der Waals surface area contributed by atoms with Gasteiger partial charge in [-0.25, -0.2) is 9.97 Å². The second-order valence-electron chi connectivity index (χ2n) is 3.96. The molecule has 1 saturated heterocycles. The van der Waals surface area contributed by atoms with E-state index in [0.717, 1.165) is 19.4 Å². The summed E-state index contributed by atoms with van der Waals surface area (Å²) in [6, 6.07) is 0.583. The van der Waals surface area contributed by atoms with Gasteiger partial charge in [0, 0.05) is 31.5 Å². The van der Waals surface area contributed by atoms with Gasteiger partial charge >= 0.3 is 0 Å². The molecule has 0 bridgehead atoms. The molecule has 1 fully saturated rings. The molecule has 1 aromatic heterocycles. The zero-order chi connectivity index (χ0) is 10.8. The molecule has 0 radical (unpaired) electrons. The Labute approximate surface area is 88.7 Å². The van der Waals surface area contributed by atoms with Crippen LogP contribution >= 0.6 is 0 Å². The van der Waals surface area contributed by atoms with Crippen LogP contribution in [0.1, 0.15) is 10.4 Å².